The summed E-state index contributed by atoms with van der Waals surface area (Å²) in [5.41, 5.74) is 10.4. The molecule has 0 saturated carbocycles. The van der Waals surface area contributed by atoms with Gasteiger partial charge < -0.3 is 5.73 Å². The Bertz CT molecular complexity index is 521. The maximum absolute atomic E-state index is 5.93. The van der Waals surface area contributed by atoms with Gasteiger partial charge in [0.1, 0.15) is 5.01 Å². The van der Waals surface area contributed by atoms with Crippen LogP contribution >= 0.6 is 11.3 Å². The highest BCUT2D eigenvalue weighted by Gasteiger charge is 2.18. The molecule has 0 amide bonds. The Labute approximate surface area is 99.1 Å². The van der Waals surface area contributed by atoms with E-state index < -0.39 is 0 Å². The van der Waals surface area contributed by atoms with Crippen LogP contribution in [0.25, 0.3) is 10.6 Å². The fourth-order valence-electron chi connectivity index (χ4n) is 2.19. The lowest BCUT2D eigenvalue weighted by atomic mass is 10.1. The molecule has 3 heteroatoms. The Morgan fingerprint density at radius 3 is 3.00 bits per heavy atom. The third-order valence-electron chi connectivity index (χ3n) is 3.20. The molecule has 1 aliphatic rings. The van der Waals surface area contributed by atoms with Crippen LogP contribution in [0, 0.1) is 6.92 Å². The summed E-state index contributed by atoms with van der Waals surface area (Å²) in [6.07, 6.45) is 3.62. The van der Waals surface area contributed by atoms with Crippen molar-refractivity contribution in [3.63, 3.8) is 0 Å². The summed E-state index contributed by atoms with van der Waals surface area (Å²) in [5, 5.41) is 1.13. The SMILES string of the molecule is Cc1c(N)cccc1-c1nc2c(s1)CCC2. The van der Waals surface area contributed by atoms with Gasteiger partial charge in [-0.25, -0.2) is 4.98 Å². The van der Waals surface area contributed by atoms with Gasteiger partial charge in [-0.3, -0.25) is 0 Å². The molecule has 0 aliphatic heterocycles. The van der Waals surface area contributed by atoms with E-state index >= 15 is 0 Å². The molecule has 0 saturated heterocycles. The summed E-state index contributed by atoms with van der Waals surface area (Å²) in [5.74, 6) is 0. The quantitative estimate of drug-likeness (QED) is 0.764. The average Bonchev–Trinajstić information content (AvgIpc) is 2.81. The van der Waals surface area contributed by atoms with Gasteiger partial charge in [-0.15, -0.1) is 11.3 Å². The van der Waals surface area contributed by atoms with E-state index in [0.29, 0.717) is 0 Å². The van der Waals surface area contributed by atoms with Crippen LogP contribution in [-0.4, -0.2) is 4.98 Å². The number of hydrogen-bond acceptors (Lipinski definition) is 3. The maximum Gasteiger partial charge on any atom is 0.124 e. The van der Waals surface area contributed by atoms with Gasteiger partial charge in [0.05, 0.1) is 5.69 Å². The van der Waals surface area contributed by atoms with E-state index in [0.717, 1.165) is 22.7 Å². The van der Waals surface area contributed by atoms with Gasteiger partial charge in [0.25, 0.3) is 0 Å². The van der Waals surface area contributed by atoms with Crippen LogP contribution < -0.4 is 5.73 Å². The Morgan fingerprint density at radius 1 is 1.31 bits per heavy atom. The minimum atomic E-state index is 0.854. The number of nitrogens with two attached hydrogens (primary N) is 1. The molecule has 0 bridgehead atoms. The first-order chi connectivity index (χ1) is 7.75. The molecule has 2 nitrogen and oxygen atoms in total. The Morgan fingerprint density at radius 2 is 2.19 bits per heavy atom. The number of aromatic nitrogens is 1. The van der Waals surface area contributed by atoms with E-state index in [1.807, 2.05) is 23.5 Å². The highest BCUT2D eigenvalue weighted by molar-refractivity contribution is 7.15. The van der Waals surface area contributed by atoms with Crippen LogP contribution in [0.5, 0.6) is 0 Å². The van der Waals surface area contributed by atoms with Gasteiger partial charge in [-0.2, -0.15) is 0 Å². The summed E-state index contributed by atoms with van der Waals surface area (Å²) in [7, 11) is 0. The van der Waals surface area contributed by atoms with E-state index in [4.69, 9.17) is 10.7 Å². The number of fused-ring (bicyclic) bond motifs is 1. The van der Waals surface area contributed by atoms with Gasteiger partial charge in [-0.05, 0) is 37.8 Å². The van der Waals surface area contributed by atoms with E-state index in [1.54, 1.807) is 0 Å². The van der Waals surface area contributed by atoms with Crippen LogP contribution in [0.1, 0.15) is 22.6 Å². The standard InChI is InChI=1S/C13H14N2S/c1-8-9(4-2-5-10(8)14)13-15-11-6-3-7-12(11)16-13/h2,4-5H,3,6-7,14H2,1H3. The summed E-state index contributed by atoms with van der Waals surface area (Å²) in [6, 6.07) is 6.06. The van der Waals surface area contributed by atoms with Crippen LogP contribution in [0.2, 0.25) is 0 Å². The summed E-state index contributed by atoms with van der Waals surface area (Å²) in [4.78, 5) is 6.20. The number of rotatable bonds is 1. The monoisotopic (exact) mass is 230 g/mol. The van der Waals surface area contributed by atoms with Crippen LogP contribution in [0.15, 0.2) is 18.2 Å². The minimum absolute atomic E-state index is 0.854. The van der Waals surface area contributed by atoms with Gasteiger partial charge in [0.2, 0.25) is 0 Å². The fourth-order valence-corrected chi connectivity index (χ4v) is 3.42. The molecule has 82 valence electrons. The van der Waals surface area contributed by atoms with E-state index in [1.165, 1.54) is 29.0 Å². The predicted octanol–water partition coefficient (Wildman–Crippen LogP) is 3.19. The topological polar surface area (TPSA) is 38.9 Å². The number of nitrogens with zero attached hydrogens (tertiary/aromatic N) is 1. The lowest BCUT2D eigenvalue weighted by Gasteiger charge is -2.04. The second-order valence-electron chi connectivity index (χ2n) is 4.26. The van der Waals surface area contributed by atoms with Crippen molar-refractivity contribution in [1.29, 1.82) is 0 Å². The Kier molecular flexibility index (Phi) is 2.21. The molecule has 1 aliphatic carbocycles. The van der Waals surface area contributed by atoms with Crippen molar-refractivity contribution in [2.45, 2.75) is 26.2 Å². The first-order valence-corrected chi connectivity index (χ1v) is 6.41. The molecule has 1 heterocycles. The number of thiazole rings is 1. The predicted molar refractivity (Wildman–Crippen MR) is 68.7 cm³/mol. The molecule has 0 spiro atoms. The number of benzene rings is 1. The molecule has 2 aromatic rings. The van der Waals surface area contributed by atoms with Gasteiger partial charge in [0, 0.05) is 16.1 Å². The van der Waals surface area contributed by atoms with Crippen LogP contribution in [-0.2, 0) is 12.8 Å². The summed E-state index contributed by atoms with van der Waals surface area (Å²) >= 11 is 1.83. The molecule has 0 unspecified atom stereocenters. The number of anilines is 1. The molecule has 1 aromatic heterocycles. The zero-order valence-electron chi connectivity index (χ0n) is 9.29. The third-order valence-corrected chi connectivity index (χ3v) is 4.39. The smallest absolute Gasteiger partial charge is 0.124 e. The highest BCUT2D eigenvalue weighted by Crippen LogP contribution is 2.35. The lowest BCUT2D eigenvalue weighted by molar-refractivity contribution is 0.900. The minimum Gasteiger partial charge on any atom is -0.398 e. The van der Waals surface area contributed by atoms with Crippen molar-refractivity contribution in [3.05, 3.63) is 34.3 Å². The molecule has 2 N–H and O–H groups in total. The molecular weight excluding hydrogens is 216 g/mol. The van der Waals surface area contributed by atoms with Crippen LogP contribution in [0.4, 0.5) is 5.69 Å². The zero-order chi connectivity index (χ0) is 11.1. The van der Waals surface area contributed by atoms with Crippen molar-refractivity contribution < 1.29 is 0 Å². The van der Waals surface area contributed by atoms with E-state index in [2.05, 4.69) is 13.0 Å². The van der Waals surface area contributed by atoms with Gasteiger partial charge in [-0.1, -0.05) is 12.1 Å². The number of nitrogen functional groups attached to an aromatic ring is 1. The van der Waals surface area contributed by atoms with Crippen molar-refractivity contribution in [1.82, 2.24) is 4.98 Å². The van der Waals surface area contributed by atoms with E-state index in [-0.39, 0.29) is 0 Å². The highest BCUT2D eigenvalue weighted by atomic mass is 32.1. The lowest BCUT2D eigenvalue weighted by Crippen LogP contribution is -1.91. The number of aryl methyl sites for hydroxylation is 2. The normalized spacial score (nSPS) is 14.1. The second-order valence-corrected chi connectivity index (χ2v) is 5.35. The first-order valence-electron chi connectivity index (χ1n) is 5.60. The summed E-state index contributed by atoms with van der Waals surface area (Å²) in [6.45, 7) is 2.07. The van der Waals surface area contributed by atoms with Gasteiger partial charge in [0.15, 0.2) is 0 Å². The molecule has 1 aromatic carbocycles. The Balaban J connectivity index is 2.12. The fraction of sp³-hybridized carbons (Fsp3) is 0.308. The molecule has 16 heavy (non-hydrogen) atoms. The second kappa shape index (κ2) is 3.59. The van der Waals surface area contributed by atoms with Crippen molar-refractivity contribution in [2.24, 2.45) is 0 Å². The molecule has 3 rings (SSSR count). The number of hydrogen-bond donors (Lipinski definition) is 1. The van der Waals surface area contributed by atoms with E-state index in [9.17, 15) is 0 Å². The average molecular weight is 230 g/mol. The molecular formula is C13H14N2S. The molecule has 0 fully saturated rings. The zero-order valence-corrected chi connectivity index (χ0v) is 10.1. The third kappa shape index (κ3) is 1.43. The van der Waals surface area contributed by atoms with Crippen molar-refractivity contribution in [3.8, 4) is 10.6 Å². The molecule has 0 atom stereocenters. The van der Waals surface area contributed by atoms with Gasteiger partial charge >= 0.3 is 0 Å². The van der Waals surface area contributed by atoms with Crippen molar-refractivity contribution >= 4 is 17.0 Å². The maximum atomic E-state index is 5.93. The van der Waals surface area contributed by atoms with Crippen molar-refractivity contribution in [2.75, 3.05) is 5.73 Å². The first kappa shape index (κ1) is 9.85. The summed E-state index contributed by atoms with van der Waals surface area (Å²) < 4.78 is 0. The largest absolute Gasteiger partial charge is 0.398 e. The molecule has 0 radical (unpaired) electrons. The Hall–Kier alpha value is -1.35. The van der Waals surface area contributed by atoms with Crippen LogP contribution in [0.3, 0.4) is 0 Å².